The minimum Gasteiger partial charge on any atom is -0.487 e. The summed E-state index contributed by atoms with van der Waals surface area (Å²) >= 11 is 0. The molecular formula is C20H20F2O4. The number of hydrogen-bond donors (Lipinski definition) is 1. The zero-order valence-electron chi connectivity index (χ0n) is 14.6. The van der Waals surface area contributed by atoms with Crippen LogP contribution in [0, 0.1) is 11.6 Å². The average molecular weight is 362 g/mol. The van der Waals surface area contributed by atoms with Gasteiger partial charge in [-0.3, -0.25) is 0 Å². The van der Waals surface area contributed by atoms with Gasteiger partial charge in [-0.2, -0.15) is 0 Å². The fourth-order valence-corrected chi connectivity index (χ4v) is 2.52. The third kappa shape index (κ3) is 4.59. The van der Waals surface area contributed by atoms with Crippen LogP contribution in [0.2, 0.25) is 0 Å². The predicted octanol–water partition coefficient (Wildman–Crippen LogP) is 4.79. The second-order valence-corrected chi connectivity index (χ2v) is 5.44. The number of allylic oxidation sites excluding steroid dienone is 1. The highest BCUT2D eigenvalue weighted by molar-refractivity contribution is 5.94. The summed E-state index contributed by atoms with van der Waals surface area (Å²) in [6.45, 7) is 3.48. The van der Waals surface area contributed by atoms with Gasteiger partial charge in [-0.1, -0.05) is 37.3 Å². The Labute approximate surface area is 150 Å². The lowest BCUT2D eigenvalue weighted by Gasteiger charge is -2.14. The van der Waals surface area contributed by atoms with Crippen molar-refractivity contribution in [2.75, 3.05) is 6.61 Å². The van der Waals surface area contributed by atoms with Crippen molar-refractivity contribution in [1.29, 1.82) is 0 Å². The van der Waals surface area contributed by atoms with Gasteiger partial charge in [-0.25, -0.2) is 13.6 Å². The molecule has 0 heterocycles. The van der Waals surface area contributed by atoms with Crippen molar-refractivity contribution < 1.29 is 28.2 Å². The molecule has 0 fully saturated rings. The summed E-state index contributed by atoms with van der Waals surface area (Å²) < 4.78 is 39.2. The molecular weight excluding hydrogens is 342 g/mol. The highest BCUT2D eigenvalue weighted by atomic mass is 19.1. The second-order valence-electron chi connectivity index (χ2n) is 5.44. The molecule has 0 unspecified atom stereocenters. The molecule has 0 aliphatic rings. The van der Waals surface area contributed by atoms with Crippen LogP contribution in [0.5, 0.6) is 5.75 Å². The number of carbonyl (C=O) groups is 1. The van der Waals surface area contributed by atoms with E-state index in [-0.39, 0.29) is 36.5 Å². The van der Waals surface area contributed by atoms with Crippen molar-refractivity contribution >= 4 is 11.5 Å². The first-order chi connectivity index (χ1) is 12.5. The smallest absolute Gasteiger partial charge is 0.371 e. The topological polar surface area (TPSA) is 55.8 Å². The molecule has 0 saturated carbocycles. The molecule has 0 aliphatic heterocycles. The van der Waals surface area contributed by atoms with Gasteiger partial charge in [0.25, 0.3) is 0 Å². The Morgan fingerprint density at radius 3 is 2.19 bits per heavy atom. The molecule has 138 valence electrons. The molecule has 0 atom stereocenters. The number of hydrogen-bond acceptors (Lipinski definition) is 3. The van der Waals surface area contributed by atoms with E-state index in [1.807, 2.05) is 6.07 Å². The zero-order chi connectivity index (χ0) is 19.1. The van der Waals surface area contributed by atoms with Gasteiger partial charge in [0, 0.05) is 5.57 Å². The monoisotopic (exact) mass is 362 g/mol. The molecule has 0 aromatic heterocycles. The lowest BCUT2D eigenvalue weighted by Crippen LogP contribution is -2.09. The van der Waals surface area contributed by atoms with Gasteiger partial charge in [-0.05, 0) is 36.6 Å². The van der Waals surface area contributed by atoms with Gasteiger partial charge in [0.1, 0.15) is 6.61 Å². The van der Waals surface area contributed by atoms with Crippen LogP contribution in [-0.4, -0.2) is 17.7 Å². The highest BCUT2D eigenvalue weighted by Crippen LogP contribution is 2.30. The third-order valence-corrected chi connectivity index (χ3v) is 3.68. The van der Waals surface area contributed by atoms with Gasteiger partial charge in [0.05, 0.1) is 6.61 Å². The van der Waals surface area contributed by atoms with Crippen LogP contribution in [0.4, 0.5) is 8.78 Å². The molecule has 1 N–H and O–H groups in total. The molecule has 2 aromatic carbocycles. The molecule has 2 rings (SSSR count). The number of ether oxygens (including phenoxy) is 2. The highest BCUT2D eigenvalue weighted by Gasteiger charge is 2.20. The predicted molar refractivity (Wildman–Crippen MR) is 93.6 cm³/mol. The molecule has 0 radical (unpaired) electrons. The van der Waals surface area contributed by atoms with Crippen molar-refractivity contribution in [1.82, 2.24) is 0 Å². The maximum absolute atomic E-state index is 14.4. The summed E-state index contributed by atoms with van der Waals surface area (Å²) in [6, 6.07) is 11.1. The minimum atomic E-state index is -1.28. The van der Waals surface area contributed by atoms with Crippen molar-refractivity contribution in [3.05, 3.63) is 71.0 Å². The SMILES string of the molecule is CCO/C(C(=O)O)=C(/CC)c1cc(F)c(OCc2ccccc2)c(F)c1. The van der Waals surface area contributed by atoms with E-state index >= 15 is 0 Å². The van der Waals surface area contributed by atoms with Crippen molar-refractivity contribution in [2.24, 2.45) is 0 Å². The molecule has 4 nitrogen and oxygen atoms in total. The van der Waals surface area contributed by atoms with Crippen LogP contribution in [0.15, 0.2) is 48.2 Å². The second kappa shape index (κ2) is 8.99. The van der Waals surface area contributed by atoms with E-state index in [1.54, 1.807) is 38.1 Å². The van der Waals surface area contributed by atoms with Crippen LogP contribution in [0.3, 0.4) is 0 Å². The van der Waals surface area contributed by atoms with Gasteiger partial charge in [0.2, 0.25) is 5.76 Å². The van der Waals surface area contributed by atoms with E-state index in [0.29, 0.717) is 0 Å². The molecule has 0 saturated heterocycles. The summed E-state index contributed by atoms with van der Waals surface area (Å²) in [7, 11) is 0. The first-order valence-corrected chi connectivity index (χ1v) is 8.23. The Balaban J connectivity index is 2.35. The number of benzene rings is 2. The van der Waals surface area contributed by atoms with Gasteiger partial charge < -0.3 is 14.6 Å². The average Bonchev–Trinajstić information content (AvgIpc) is 2.61. The third-order valence-electron chi connectivity index (χ3n) is 3.68. The van der Waals surface area contributed by atoms with E-state index in [9.17, 15) is 18.7 Å². The molecule has 0 aliphatic carbocycles. The maximum atomic E-state index is 14.4. The number of carboxylic acids is 1. The first kappa shape index (κ1) is 19.4. The van der Waals surface area contributed by atoms with Crippen LogP contribution in [0.25, 0.3) is 5.57 Å². The van der Waals surface area contributed by atoms with E-state index in [0.717, 1.165) is 17.7 Å². The Bertz CT molecular complexity index is 778. The van der Waals surface area contributed by atoms with Crippen molar-refractivity contribution in [3.63, 3.8) is 0 Å². The fourth-order valence-electron chi connectivity index (χ4n) is 2.52. The minimum absolute atomic E-state index is 0.0177. The van der Waals surface area contributed by atoms with Gasteiger partial charge >= 0.3 is 5.97 Å². The number of rotatable bonds is 8. The van der Waals surface area contributed by atoms with E-state index < -0.39 is 23.4 Å². The first-order valence-electron chi connectivity index (χ1n) is 8.23. The zero-order valence-corrected chi connectivity index (χ0v) is 14.6. The lowest BCUT2D eigenvalue weighted by molar-refractivity contribution is -0.136. The van der Waals surface area contributed by atoms with Crippen LogP contribution in [0.1, 0.15) is 31.4 Å². The van der Waals surface area contributed by atoms with Gasteiger partial charge in [-0.15, -0.1) is 0 Å². The largest absolute Gasteiger partial charge is 0.487 e. The molecule has 26 heavy (non-hydrogen) atoms. The summed E-state index contributed by atoms with van der Waals surface area (Å²) in [4.78, 5) is 11.4. The molecule has 2 aromatic rings. The lowest BCUT2D eigenvalue weighted by atomic mass is 10.0. The molecule has 0 spiro atoms. The number of carboxylic acid groups (broad SMARTS) is 1. The van der Waals surface area contributed by atoms with Crippen molar-refractivity contribution in [3.8, 4) is 5.75 Å². The molecule has 0 bridgehead atoms. The quantitative estimate of drug-likeness (QED) is 0.542. The summed E-state index contributed by atoms with van der Waals surface area (Å²) in [5, 5.41) is 9.28. The van der Waals surface area contributed by atoms with Crippen molar-refractivity contribution in [2.45, 2.75) is 26.9 Å². The Kier molecular flexibility index (Phi) is 6.72. The normalized spacial score (nSPS) is 11.7. The van der Waals surface area contributed by atoms with Gasteiger partial charge in [0.15, 0.2) is 17.4 Å². The van der Waals surface area contributed by atoms with Crippen LogP contribution >= 0.6 is 0 Å². The number of halogens is 2. The van der Waals surface area contributed by atoms with Crippen LogP contribution < -0.4 is 4.74 Å². The van der Waals surface area contributed by atoms with E-state index in [2.05, 4.69) is 0 Å². The molecule has 6 heteroatoms. The summed E-state index contributed by atoms with van der Waals surface area (Å²) in [5.41, 5.74) is 1.10. The Hall–Kier alpha value is -2.89. The standard InChI is InChI=1S/C20H20F2O4/c1-3-15(18(20(23)24)25-4-2)14-10-16(21)19(17(22)11-14)26-12-13-8-6-5-7-9-13/h5-11H,3-4,12H2,1-2H3,(H,23,24)/b18-15-. The Morgan fingerprint density at radius 1 is 1.08 bits per heavy atom. The van der Waals surface area contributed by atoms with Crippen LogP contribution in [-0.2, 0) is 16.1 Å². The van der Waals surface area contributed by atoms with E-state index in [4.69, 9.17) is 9.47 Å². The Morgan fingerprint density at radius 2 is 1.69 bits per heavy atom. The summed E-state index contributed by atoms with van der Waals surface area (Å²) in [6.07, 6.45) is 0.241. The maximum Gasteiger partial charge on any atom is 0.371 e. The number of aliphatic carboxylic acids is 1. The van der Waals surface area contributed by atoms with E-state index in [1.165, 1.54) is 0 Å². The summed E-state index contributed by atoms with van der Waals surface area (Å²) in [5.74, 6) is -3.90. The molecule has 0 amide bonds. The fraction of sp³-hybridized carbons (Fsp3) is 0.250.